The molecule has 0 aliphatic heterocycles. The van der Waals surface area contributed by atoms with Crippen molar-refractivity contribution in [2.45, 2.75) is 52.0 Å². The predicted octanol–water partition coefficient (Wildman–Crippen LogP) is 2.97. The molecule has 0 saturated heterocycles. The highest BCUT2D eigenvalue weighted by Crippen LogP contribution is 2.25. The van der Waals surface area contributed by atoms with Crippen LogP contribution in [0.3, 0.4) is 0 Å². The summed E-state index contributed by atoms with van der Waals surface area (Å²) in [6, 6.07) is 7.36. The summed E-state index contributed by atoms with van der Waals surface area (Å²) < 4.78 is 0. The van der Waals surface area contributed by atoms with Crippen LogP contribution < -0.4 is 5.32 Å². The number of carboxylic acids is 1. The standard InChI is InChI=1S/C16H23NO3/c1-11(9-10-14(18)19)17-15(20)12-7-5-6-8-13(12)16(2,3)4/h5-8,11H,9-10H2,1-4H3,(H,17,20)(H,18,19). The fourth-order valence-electron chi connectivity index (χ4n) is 2.05. The predicted molar refractivity (Wildman–Crippen MR) is 78.9 cm³/mol. The van der Waals surface area contributed by atoms with Gasteiger partial charge in [-0.2, -0.15) is 0 Å². The monoisotopic (exact) mass is 277 g/mol. The second kappa shape index (κ2) is 6.55. The van der Waals surface area contributed by atoms with Crippen LogP contribution in [0.5, 0.6) is 0 Å². The zero-order chi connectivity index (χ0) is 15.3. The molecule has 0 bridgehead atoms. The maximum absolute atomic E-state index is 12.3. The van der Waals surface area contributed by atoms with E-state index in [0.29, 0.717) is 12.0 Å². The third kappa shape index (κ3) is 4.68. The average molecular weight is 277 g/mol. The average Bonchev–Trinajstić information content (AvgIpc) is 2.35. The van der Waals surface area contributed by atoms with E-state index >= 15 is 0 Å². The minimum absolute atomic E-state index is 0.0579. The van der Waals surface area contributed by atoms with Gasteiger partial charge in [0.05, 0.1) is 0 Å². The first-order valence-electron chi connectivity index (χ1n) is 6.84. The number of carbonyl (C=O) groups is 2. The lowest BCUT2D eigenvalue weighted by Crippen LogP contribution is -2.34. The Balaban J connectivity index is 2.80. The molecular formula is C16H23NO3. The highest BCUT2D eigenvalue weighted by atomic mass is 16.4. The van der Waals surface area contributed by atoms with E-state index in [-0.39, 0.29) is 23.8 Å². The molecule has 1 aromatic carbocycles. The van der Waals surface area contributed by atoms with E-state index in [2.05, 4.69) is 26.1 Å². The van der Waals surface area contributed by atoms with Crippen LogP contribution >= 0.6 is 0 Å². The molecule has 4 heteroatoms. The Morgan fingerprint density at radius 2 is 1.85 bits per heavy atom. The van der Waals surface area contributed by atoms with Crippen molar-refractivity contribution >= 4 is 11.9 Å². The highest BCUT2D eigenvalue weighted by Gasteiger charge is 2.21. The van der Waals surface area contributed by atoms with Crippen molar-refractivity contribution in [1.82, 2.24) is 5.32 Å². The van der Waals surface area contributed by atoms with E-state index in [9.17, 15) is 9.59 Å². The van der Waals surface area contributed by atoms with Gasteiger partial charge in [0.1, 0.15) is 0 Å². The van der Waals surface area contributed by atoms with Gasteiger partial charge in [-0.25, -0.2) is 0 Å². The Bertz CT molecular complexity index is 489. The molecule has 1 unspecified atom stereocenters. The lowest BCUT2D eigenvalue weighted by atomic mass is 9.83. The molecule has 0 aliphatic carbocycles. The second-order valence-corrected chi connectivity index (χ2v) is 6.10. The number of rotatable bonds is 5. The molecule has 2 N–H and O–H groups in total. The number of amides is 1. The van der Waals surface area contributed by atoms with Gasteiger partial charge in [0.15, 0.2) is 0 Å². The number of aliphatic carboxylic acids is 1. The van der Waals surface area contributed by atoms with Crippen LogP contribution in [0.4, 0.5) is 0 Å². The first-order valence-corrected chi connectivity index (χ1v) is 6.84. The van der Waals surface area contributed by atoms with E-state index in [1.807, 2.05) is 25.1 Å². The van der Waals surface area contributed by atoms with Crippen LogP contribution in [-0.2, 0) is 10.2 Å². The summed E-state index contributed by atoms with van der Waals surface area (Å²) >= 11 is 0. The molecule has 0 spiro atoms. The van der Waals surface area contributed by atoms with E-state index in [1.165, 1.54) is 0 Å². The van der Waals surface area contributed by atoms with Gasteiger partial charge in [0, 0.05) is 18.0 Å². The van der Waals surface area contributed by atoms with Crippen LogP contribution in [0.1, 0.15) is 56.5 Å². The molecule has 0 aliphatic rings. The van der Waals surface area contributed by atoms with E-state index in [1.54, 1.807) is 6.07 Å². The molecule has 0 heterocycles. The van der Waals surface area contributed by atoms with Gasteiger partial charge in [-0.05, 0) is 30.4 Å². The van der Waals surface area contributed by atoms with Gasteiger partial charge in [-0.15, -0.1) is 0 Å². The van der Waals surface area contributed by atoms with Crippen LogP contribution in [-0.4, -0.2) is 23.0 Å². The summed E-state index contributed by atoms with van der Waals surface area (Å²) in [6.07, 6.45) is 0.487. The molecule has 20 heavy (non-hydrogen) atoms. The van der Waals surface area contributed by atoms with Gasteiger partial charge in [-0.3, -0.25) is 9.59 Å². The van der Waals surface area contributed by atoms with Gasteiger partial charge in [-0.1, -0.05) is 39.0 Å². The Kier molecular flexibility index (Phi) is 5.31. The molecule has 4 nitrogen and oxygen atoms in total. The van der Waals surface area contributed by atoms with E-state index < -0.39 is 5.97 Å². The van der Waals surface area contributed by atoms with Crippen molar-refractivity contribution in [2.75, 3.05) is 0 Å². The molecule has 1 amide bonds. The second-order valence-electron chi connectivity index (χ2n) is 6.10. The summed E-state index contributed by atoms with van der Waals surface area (Å²) in [5, 5.41) is 11.5. The summed E-state index contributed by atoms with van der Waals surface area (Å²) in [4.78, 5) is 22.8. The number of nitrogens with one attached hydrogen (secondary N) is 1. The van der Waals surface area contributed by atoms with Crippen molar-refractivity contribution in [1.29, 1.82) is 0 Å². The maximum atomic E-state index is 12.3. The van der Waals surface area contributed by atoms with Crippen molar-refractivity contribution < 1.29 is 14.7 Å². The molecule has 0 fully saturated rings. The third-order valence-electron chi connectivity index (χ3n) is 3.15. The van der Waals surface area contributed by atoms with Crippen LogP contribution in [0, 0.1) is 0 Å². The van der Waals surface area contributed by atoms with Crippen molar-refractivity contribution in [2.24, 2.45) is 0 Å². The first-order chi connectivity index (χ1) is 9.21. The van der Waals surface area contributed by atoms with Crippen LogP contribution in [0.15, 0.2) is 24.3 Å². The summed E-state index contributed by atoms with van der Waals surface area (Å²) in [6.45, 7) is 8.01. The molecule has 110 valence electrons. The minimum atomic E-state index is -0.846. The number of benzene rings is 1. The normalized spacial score (nSPS) is 12.8. The molecule has 1 atom stereocenters. The Morgan fingerprint density at radius 1 is 1.25 bits per heavy atom. The topological polar surface area (TPSA) is 66.4 Å². The van der Waals surface area contributed by atoms with Crippen LogP contribution in [0.25, 0.3) is 0 Å². The van der Waals surface area contributed by atoms with Gasteiger partial charge in [0.2, 0.25) is 0 Å². The van der Waals surface area contributed by atoms with E-state index in [0.717, 1.165) is 5.56 Å². The quantitative estimate of drug-likeness (QED) is 0.869. The van der Waals surface area contributed by atoms with Gasteiger partial charge < -0.3 is 10.4 Å². The minimum Gasteiger partial charge on any atom is -0.481 e. The summed E-state index contributed by atoms with van der Waals surface area (Å²) in [5.41, 5.74) is 1.53. The largest absolute Gasteiger partial charge is 0.481 e. The number of hydrogen-bond acceptors (Lipinski definition) is 2. The fraction of sp³-hybridized carbons (Fsp3) is 0.500. The molecule has 0 radical (unpaired) electrons. The highest BCUT2D eigenvalue weighted by molar-refractivity contribution is 5.96. The fourth-order valence-corrected chi connectivity index (χ4v) is 2.05. The van der Waals surface area contributed by atoms with Crippen LogP contribution in [0.2, 0.25) is 0 Å². The maximum Gasteiger partial charge on any atom is 0.303 e. The summed E-state index contributed by atoms with van der Waals surface area (Å²) in [7, 11) is 0. The molecule has 1 rings (SSSR count). The third-order valence-corrected chi connectivity index (χ3v) is 3.15. The lowest BCUT2D eigenvalue weighted by molar-refractivity contribution is -0.137. The SMILES string of the molecule is CC(CCC(=O)O)NC(=O)c1ccccc1C(C)(C)C. The summed E-state index contributed by atoms with van der Waals surface area (Å²) in [5.74, 6) is -0.991. The number of hydrogen-bond donors (Lipinski definition) is 2. The van der Waals surface area contributed by atoms with Gasteiger partial charge in [0.25, 0.3) is 5.91 Å². The van der Waals surface area contributed by atoms with Crippen molar-refractivity contribution in [3.63, 3.8) is 0 Å². The molecule has 0 aromatic heterocycles. The zero-order valence-electron chi connectivity index (χ0n) is 12.6. The van der Waals surface area contributed by atoms with Gasteiger partial charge >= 0.3 is 5.97 Å². The van der Waals surface area contributed by atoms with Crippen molar-refractivity contribution in [3.8, 4) is 0 Å². The Morgan fingerprint density at radius 3 is 2.40 bits per heavy atom. The number of carbonyl (C=O) groups excluding carboxylic acids is 1. The molecular weight excluding hydrogens is 254 g/mol. The smallest absolute Gasteiger partial charge is 0.303 e. The van der Waals surface area contributed by atoms with E-state index in [4.69, 9.17) is 5.11 Å². The Hall–Kier alpha value is -1.84. The molecule has 1 aromatic rings. The van der Waals surface area contributed by atoms with Crippen molar-refractivity contribution in [3.05, 3.63) is 35.4 Å². The lowest BCUT2D eigenvalue weighted by Gasteiger charge is -2.23. The molecule has 0 saturated carbocycles. The zero-order valence-corrected chi connectivity index (χ0v) is 12.6. The first kappa shape index (κ1) is 16.2. The Labute approximate surface area is 120 Å². The number of carboxylic acid groups (broad SMARTS) is 1.